The minimum Gasteiger partial charge on any atom is -0.491 e. The number of carbonyl (C=O) groups is 2. The van der Waals surface area contributed by atoms with Crippen LogP contribution in [0.3, 0.4) is 0 Å². The molecule has 0 aromatic heterocycles. The second-order valence-electron chi connectivity index (χ2n) is 7.80. The largest absolute Gasteiger partial charge is 0.491 e. The quantitative estimate of drug-likeness (QED) is 0.295. The van der Waals surface area contributed by atoms with Crippen molar-refractivity contribution in [2.75, 3.05) is 13.2 Å². The first-order valence-electron chi connectivity index (χ1n) is 10.5. The molecule has 0 aliphatic rings. The van der Waals surface area contributed by atoms with E-state index in [9.17, 15) is 14.7 Å². The van der Waals surface area contributed by atoms with Crippen LogP contribution in [0.5, 0.6) is 11.5 Å². The Bertz CT molecular complexity index is 963. The van der Waals surface area contributed by atoms with Crippen molar-refractivity contribution >= 4 is 11.9 Å². The first kappa shape index (κ1) is 25.7. The van der Waals surface area contributed by atoms with Gasteiger partial charge in [0.2, 0.25) is 6.29 Å². The van der Waals surface area contributed by atoms with Crippen LogP contribution < -0.4 is 9.47 Å². The van der Waals surface area contributed by atoms with Gasteiger partial charge < -0.3 is 24.1 Å². The van der Waals surface area contributed by atoms with Crippen molar-refractivity contribution in [2.24, 2.45) is 0 Å². The number of ether oxygens (including phenoxy) is 4. The normalized spacial score (nSPS) is 12.7. The number of benzene rings is 2. The minimum absolute atomic E-state index is 0.0127. The zero-order valence-corrected chi connectivity index (χ0v) is 19.2. The average Bonchev–Trinajstić information content (AvgIpc) is 2.81. The van der Waals surface area contributed by atoms with Crippen LogP contribution in [0.4, 0.5) is 0 Å². The van der Waals surface area contributed by atoms with E-state index in [-0.39, 0.29) is 18.6 Å². The fraction of sp³-hybridized carbons (Fsp3) is 0.308. The van der Waals surface area contributed by atoms with Gasteiger partial charge >= 0.3 is 11.9 Å². The lowest BCUT2D eigenvalue weighted by atomic mass is 9.78. The molecule has 2 atom stereocenters. The molecule has 2 aromatic carbocycles. The molecule has 2 unspecified atom stereocenters. The van der Waals surface area contributed by atoms with Gasteiger partial charge in [-0.25, -0.2) is 9.59 Å². The molecule has 7 heteroatoms. The highest BCUT2D eigenvalue weighted by molar-refractivity contribution is 5.81. The molecule has 7 nitrogen and oxygen atoms in total. The van der Waals surface area contributed by atoms with Crippen molar-refractivity contribution in [3.63, 3.8) is 0 Å². The first-order chi connectivity index (χ1) is 15.6. The lowest BCUT2D eigenvalue weighted by Gasteiger charge is -2.27. The summed E-state index contributed by atoms with van der Waals surface area (Å²) in [6, 6.07) is 15.1. The van der Waals surface area contributed by atoms with E-state index >= 15 is 0 Å². The summed E-state index contributed by atoms with van der Waals surface area (Å²) in [7, 11) is 0. The highest BCUT2D eigenvalue weighted by atomic mass is 16.7. The highest BCUT2D eigenvalue weighted by Gasteiger charge is 2.24. The van der Waals surface area contributed by atoms with Crippen LogP contribution in [-0.4, -0.2) is 42.7 Å². The van der Waals surface area contributed by atoms with Crippen LogP contribution in [0.25, 0.3) is 0 Å². The van der Waals surface area contributed by atoms with Gasteiger partial charge in [0.1, 0.15) is 30.8 Å². The number of hydrogen-bond donors (Lipinski definition) is 1. The van der Waals surface area contributed by atoms with Gasteiger partial charge in [-0.15, -0.1) is 0 Å². The third-order valence-corrected chi connectivity index (χ3v) is 4.91. The fourth-order valence-corrected chi connectivity index (χ4v) is 3.00. The minimum atomic E-state index is -0.944. The van der Waals surface area contributed by atoms with Crippen LogP contribution >= 0.6 is 0 Å². The molecule has 0 fully saturated rings. The van der Waals surface area contributed by atoms with Crippen molar-refractivity contribution in [3.05, 3.63) is 85.0 Å². The van der Waals surface area contributed by atoms with Crippen molar-refractivity contribution < 1.29 is 33.6 Å². The van der Waals surface area contributed by atoms with Crippen molar-refractivity contribution in [1.29, 1.82) is 0 Å². The van der Waals surface area contributed by atoms with E-state index in [1.54, 1.807) is 13.0 Å². The maximum absolute atomic E-state index is 11.3. The molecule has 2 rings (SSSR count). The molecule has 0 heterocycles. The Morgan fingerprint density at radius 1 is 0.970 bits per heavy atom. The van der Waals surface area contributed by atoms with Crippen molar-refractivity contribution in [1.82, 2.24) is 0 Å². The molecule has 176 valence electrons. The van der Waals surface area contributed by atoms with E-state index in [1.807, 2.05) is 42.5 Å². The fourth-order valence-electron chi connectivity index (χ4n) is 3.00. The summed E-state index contributed by atoms with van der Waals surface area (Å²) >= 11 is 0. The Balaban J connectivity index is 2.02. The standard InChI is InChI=1S/C26H30O7/c1-6-24(28)31-17-21(27)16-30-22-13-11-19(12-14-22)26(4,5)20-9-8-10-23(15-20)32-18(3)33-25(29)7-2/h6-15,18,21,27H,1-2,16-17H2,3-5H3. The van der Waals surface area contributed by atoms with E-state index in [1.165, 1.54) is 0 Å². The third-order valence-electron chi connectivity index (χ3n) is 4.91. The van der Waals surface area contributed by atoms with E-state index < -0.39 is 24.3 Å². The summed E-state index contributed by atoms with van der Waals surface area (Å²) in [5.74, 6) is 0.0172. The number of carbonyl (C=O) groups excluding carboxylic acids is 2. The summed E-state index contributed by atoms with van der Waals surface area (Å²) in [6.45, 7) is 12.3. The molecule has 1 N–H and O–H groups in total. The molecule has 2 aromatic rings. The Kier molecular flexibility index (Phi) is 9.24. The summed E-state index contributed by atoms with van der Waals surface area (Å²) in [6.07, 6.45) is 0.431. The van der Waals surface area contributed by atoms with Gasteiger partial charge in [-0.05, 0) is 35.4 Å². The van der Waals surface area contributed by atoms with Crippen molar-refractivity contribution in [3.8, 4) is 11.5 Å². The van der Waals surface area contributed by atoms with E-state index in [0.717, 1.165) is 23.3 Å². The monoisotopic (exact) mass is 454 g/mol. The molecule has 0 amide bonds. The number of rotatable bonds is 12. The molecule has 0 saturated carbocycles. The van der Waals surface area contributed by atoms with Crippen LogP contribution in [0.2, 0.25) is 0 Å². The molecule has 0 aliphatic heterocycles. The van der Waals surface area contributed by atoms with Gasteiger partial charge in [-0.3, -0.25) is 0 Å². The van der Waals surface area contributed by atoms with Gasteiger partial charge in [0.05, 0.1) is 0 Å². The van der Waals surface area contributed by atoms with Gasteiger partial charge in [0, 0.05) is 24.5 Å². The Hall–Kier alpha value is -3.58. The van der Waals surface area contributed by atoms with Crippen LogP contribution in [-0.2, 0) is 24.5 Å². The Labute approximate surface area is 194 Å². The summed E-state index contributed by atoms with van der Waals surface area (Å²) in [5, 5.41) is 9.86. The molecule has 0 aliphatic carbocycles. The second kappa shape index (κ2) is 11.9. The van der Waals surface area contributed by atoms with E-state index in [0.29, 0.717) is 11.5 Å². The third kappa shape index (κ3) is 7.80. The predicted molar refractivity (Wildman–Crippen MR) is 124 cm³/mol. The summed E-state index contributed by atoms with van der Waals surface area (Å²) < 4.78 is 21.1. The highest BCUT2D eigenvalue weighted by Crippen LogP contribution is 2.34. The van der Waals surface area contributed by atoms with Gasteiger partial charge in [-0.2, -0.15) is 0 Å². The topological polar surface area (TPSA) is 91.3 Å². The Morgan fingerprint density at radius 2 is 1.64 bits per heavy atom. The zero-order chi connectivity index (χ0) is 24.4. The average molecular weight is 455 g/mol. The molecular formula is C26H30O7. The maximum Gasteiger partial charge on any atom is 0.333 e. The maximum atomic E-state index is 11.3. The number of aliphatic hydroxyl groups is 1. The molecule has 0 bridgehead atoms. The van der Waals surface area contributed by atoms with Crippen LogP contribution in [0.1, 0.15) is 31.9 Å². The second-order valence-corrected chi connectivity index (χ2v) is 7.80. The smallest absolute Gasteiger partial charge is 0.333 e. The van der Waals surface area contributed by atoms with E-state index in [2.05, 4.69) is 27.0 Å². The predicted octanol–water partition coefficient (Wildman–Crippen LogP) is 3.94. The first-order valence-corrected chi connectivity index (χ1v) is 10.5. The number of aliphatic hydroxyl groups excluding tert-OH is 1. The van der Waals surface area contributed by atoms with Gasteiger partial charge in [-0.1, -0.05) is 51.3 Å². The molecule has 0 saturated heterocycles. The van der Waals surface area contributed by atoms with Crippen molar-refractivity contribution in [2.45, 2.75) is 38.6 Å². The van der Waals surface area contributed by atoms with E-state index in [4.69, 9.17) is 18.9 Å². The zero-order valence-electron chi connectivity index (χ0n) is 19.2. The van der Waals surface area contributed by atoms with Crippen LogP contribution in [0.15, 0.2) is 73.8 Å². The summed E-state index contributed by atoms with van der Waals surface area (Å²) in [5.41, 5.74) is 1.70. The molecular weight excluding hydrogens is 424 g/mol. The molecule has 0 radical (unpaired) electrons. The van der Waals surface area contributed by atoms with Gasteiger partial charge in [0.25, 0.3) is 0 Å². The number of hydrogen-bond acceptors (Lipinski definition) is 7. The molecule has 33 heavy (non-hydrogen) atoms. The number of esters is 2. The summed E-state index contributed by atoms with van der Waals surface area (Å²) in [4.78, 5) is 22.4. The van der Waals surface area contributed by atoms with Crippen LogP contribution in [0, 0.1) is 0 Å². The lowest BCUT2D eigenvalue weighted by molar-refractivity contribution is -0.155. The molecule has 0 spiro atoms. The SMILES string of the molecule is C=CC(=O)OCC(O)COc1ccc(C(C)(C)c2cccc(OC(C)OC(=O)C=C)c2)cc1. The van der Waals surface area contributed by atoms with Gasteiger partial charge in [0.15, 0.2) is 0 Å². The Morgan fingerprint density at radius 3 is 2.27 bits per heavy atom. The lowest BCUT2D eigenvalue weighted by Crippen LogP contribution is -2.24.